The minimum absolute atomic E-state index is 0.442. The fraction of sp³-hybridized carbons (Fsp3) is 0.0833. The molecule has 1 heterocycles. The van der Waals surface area contributed by atoms with Gasteiger partial charge in [0, 0.05) is 11.2 Å². The average molecular weight is 250 g/mol. The first-order valence-corrected chi connectivity index (χ1v) is 5.46. The molecule has 2 aromatic rings. The lowest BCUT2D eigenvalue weighted by molar-refractivity contribution is 0.306. The normalized spacial score (nSPS) is 10.0. The second kappa shape index (κ2) is 5.52. The number of nitrogens with two attached hydrogens (primary N) is 1. The van der Waals surface area contributed by atoms with E-state index in [9.17, 15) is 0 Å². The van der Waals surface area contributed by atoms with Crippen LogP contribution in [0.2, 0.25) is 5.02 Å². The smallest absolute Gasteiger partial charge is 0.182 e. The number of hydrazine groups is 1. The van der Waals surface area contributed by atoms with Gasteiger partial charge in [-0.15, -0.1) is 0 Å². The van der Waals surface area contributed by atoms with Crippen molar-refractivity contribution in [2.75, 3.05) is 5.43 Å². The highest BCUT2D eigenvalue weighted by molar-refractivity contribution is 6.30. The predicted molar refractivity (Wildman–Crippen MR) is 67.8 cm³/mol. The Labute approximate surface area is 104 Å². The Morgan fingerprint density at radius 3 is 2.71 bits per heavy atom. The number of nitrogen functional groups attached to an aromatic ring is 1. The van der Waals surface area contributed by atoms with Gasteiger partial charge in [0.15, 0.2) is 11.6 Å². The van der Waals surface area contributed by atoms with Crippen molar-refractivity contribution in [1.29, 1.82) is 0 Å². The van der Waals surface area contributed by atoms with Crippen molar-refractivity contribution < 1.29 is 4.74 Å². The van der Waals surface area contributed by atoms with Crippen LogP contribution in [0.15, 0.2) is 42.6 Å². The van der Waals surface area contributed by atoms with Gasteiger partial charge in [0.05, 0.1) is 0 Å². The molecule has 1 aromatic heterocycles. The summed E-state index contributed by atoms with van der Waals surface area (Å²) in [5.41, 5.74) is 3.51. The SMILES string of the molecule is NNc1ncccc1OCc1ccc(Cl)cc1. The lowest BCUT2D eigenvalue weighted by Crippen LogP contribution is -2.10. The first-order chi connectivity index (χ1) is 8.29. The maximum Gasteiger partial charge on any atom is 0.182 e. The molecule has 2 rings (SSSR count). The molecule has 0 fully saturated rings. The average Bonchev–Trinajstić information content (AvgIpc) is 2.38. The summed E-state index contributed by atoms with van der Waals surface area (Å²) in [6.07, 6.45) is 1.64. The van der Waals surface area contributed by atoms with Crippen LogP contribution in [0, 0.1) is 0 Å². The summed E-state index contributed by atoms with van der Waals surface area (Å²) in [6, 6.07) is 11.1. The van der Waals surface area contributed by atoms with Crippen molar-refractivity contribution >= 4 is 17.4 Å². The molecule has 0 saturated carbocycles. The summed E-state index contributed by atoms with van der Waals surface area (Å²) in [5.74, 6) is 6.46. The third-order valence-electron chi connectivity index (χ3n) is 2.22. The number of ether oxygens (including phenoxy) is 1. The zero-order valence-corrected chi connectivity index (χ0v) is 9.82. The lowest BCUT2D eigenvalue weighted by Gasteiger charge is -2.09. The monoisotopic (exact) mass is 249 g/mol. The van der Waals surface area contributed by atoms with Gasteiger partial charge in [0.2, 0.25) is 0 Å². The Kier molecular flexibility index (Phi) is 3.80. The number of hydrogen-bond acceptors (Lipinski definition) is 4. The van der Waals surface area contributed by atoms with Crippen molar-refractivity contribution in [3.8, 4) is 5.75 Å². The lowest BCUT2D eigenvalue weighted by atomic mass is 10.2. The van der Waals surface area contributed by atoms with E-state index in [1.165, 1.54) is 0 Å². The minimum Gasteiger partial charge on any atom is -0.485 e. The zero-order chi connectivity index (χ0) is 12.1. The molecule has 5 heteroatoms. The van der Waals surface area contributed by atoms with Gasteiger partial charge in [0.1, 0.15) is 6.61 Å². The zero-order valence-electron chi connectivity index (χ0n) is 9.06. The van der Waals surface area contributed by atoms with E-state index in [4.69, 9.17) is 22.2 Å². The fourth-order valence-corrected chi connectivity index (χ4v) is 1.48. The molecule has 0 spiro atoms. The van der Waals surface area contributed by atoms with Crippen LogP contribution >= 0.6 is 11.6 Å². The van der Waals surface area contributed by atoms with Gasteiger partial charge in [-0.1, -0.05) is 23.7 Å². The molecule has 0 amide bonds. The Balaban J connectivity index is 2.04. The van der Waals surface area contributed by atoms with Crippen LogP contribution in [0.5, 0.6) is 5.75 Å². The third-order valence-corrected chi connectivity index (χ3v) is 2.47. The standard InChI is InChI=1S/C12H12ClN3O/c13-10-5-3-9(4-6-10)8-17-11-2-1-7-15-12(11)16-14/h1-7H,8,14H2,(H,15,16). The van der Waals surface area contributed by atoms with E-state index in [0.29, 0.717) is 23.2 Å². The van der Waals surface area contributed by atoms with Crippen LogP contribution in [0.4, 0.5) is 5.82 Å². The van der Waals surface area contributed by atoms with Gasteiger partial charge in [-0.25, -0.2) is 10.8 Å². The van der Waals surface area contributed by atoms with Gasteiger partial charge in [0.25, 0.3) is 0 Å². The molecule has 0 saturated heterocycles. The number of halogens is 1. The minimum atomic E-state index is 0.442. The van der Waals surface area contributed by atoms with E-state index >= 15 is 0 Å². The van der Waals surface area contributed by atoms with Crippen LogP contribution in [0.1, 0.15) is 5.56 Å². The molecule has 0 unspecified atom stereocenters. The number of nitrogens with zero attached hydrogens (tertiary/aromatic N) is 1. The van der Waals surface area contributed by atoms with Crippen molar-refractivity contribution in [2.45, 2.75) is 6.61 Å². The Morgan fingerprint density at radius 1 is 1.24 bits per heavy atom. The topological polar surface area (TPSA) is 60.2 Å². The Hall–Kier alpha value is -1.78. The van der Waals surface area contributed by atoms with Gasteiger partial charge < -0.3 is 10.2 Å². The molecule has 0 aliphatic rings. The number of pyridine rings is 1. The number of rotatable bonds is 4. The maximum absolute atomic E-state index is 5.80. The van der Waals surface area contributed by atoms with Crippen LogP contribution in [0.25, 0.3) is 0 Å². The Bertz CT molecular complexity index is 487. The van der Waals surface area contributed by atoms with E-state index < -0.39 is 0 Å². The summed E-state index contributed by atoms with van der Waals surface area (Å²) in [5, 5.41) is 0.708. The molecular formula is C12H12ClN3O. The molecule has 0 atom stereocenters. The van der Waals surface area contributed by atoms with Crippen molar-refractivity contribution in [1.82, 2.24) is 4.98 Å². The molecule has 1 aromatic carbocycles. The Morgan fingerprint density at radius 2 is 2.00 bits per heavy atom. The van der Waals surface area contributed by atoms with Crippen LogP contribution in [0.3, 0.4) is 0 Å². The summed E-state index contributed by atoms with van der Waals surface area (Å²) in [4.78, 5) is 4.04. The first kappa shape index (κ1) is 11.7. The van der Waals surface area contributed by atoms with Crippen molar-refractivity contribution in [2.24, 2.45) is 5.84 Å². The summed E-state index contributed by atoms with van der Waals surface area (Å²) >= 11 is 5.80. The third kappa shape index (κ3) is 3.09. The highest BCUT2D eigenvalue weighted by atomic mass is 35.5. The van der Waals surface area contributed by atoms with Crippen LogP contribution < -0.4 is 16.0 Å². The second-order valence-electron chi connectivity index (χ2n) is 3.41. The molecule has 3 N–H and O–H groups in total. The molecule has 0 aliphatic heterocycles. The largest absolute Gasteiger partial charge is 0.485 e. The van der Waals surface area contributed by atoms with E-state index in [1.54, 1.807) is 18.3 Å². The van der Waals surface area contributed by atoms with Gasteiger partial charge in [-0.2, -0.15) is 0 Å². The first-order valence-electron chi connectivity index (χ1n) is 5.08. The van der Waals surface area contributed by atoms with Gasteiger partial charge in [-0.3, -0.25) is 0 Å². The number of aromatic nitrogens is 1. The number of benzene rings is 1. The van der Waals surface area contributed by atoms with Crippen LogP contribution in [-0.2, 0) is 6.61 Å². The van der Waals surface area contributed by atoms with Crippen molar-refractivity contribution in [3.05, 3.63) is 53.2 Å². The van der Waals surface area contributed by atoms with Crippen LogP contribution in [-0.4, -0.2) is 4.98 Å². The molecule has 17 heavy (non-hydrogen) atoms. The fourth-order valence-electron chi connectivity index (χ4n) is 1.36. The molecular weight excluding hydrogens is 238 g/mol. The molecule has 0 aliphatic carbocycles. The summed E-state index contributed by atoms with van der Waals surface area (Å²) in [7, 11) is 0. The van der Waals surface area contributed by atoms with E-state index in [-0.39, 0.29) is 0 Å². The van der Waals surface area contributed by atoms with Crippen molar-refractivity contribution in [3.63, 3.8) is 0 Å². The van der Waals surface area contributed by atoms with Gasteiger partial charge >= 0.3 is 0 Å². The van der Waals surface area contributed by atoms with E-state index in [0.717, 1.165) is 5.56 Å². The number of anilines is 1. The number of nitrogens with one attached hydrogen (secondary N) is 1. The highest BCUT2D eigenvalue weighted by Crippen LogP contribution is 2.21. The molecule has 0 bridgehead atoms. The van der Waals surface area contributed by atoms with E-state index in [2.05, 4.69) is 10.4 Å². The second-order valence-corrected chi connectivity index (χ2v) is 3.85. The molecule has 88 valence electrons. The summed E-state index contributed by atoms with van der Waals surface area (Å²) < 4.78 is 5.61. The number of hydrogen-bond donors (Lipinski definition) is 2. The summed E-state index contributed by atoms with van der Waals surface area (Å²) in [6.45, 7) is 0.442. The van der Waals surface area contributed by atoms with E-state index in [1.807, 2.05) is 24.3 Å². The molecule has 4 nitrogen and oxygen atoms in total. The molecule has 0 radical (unpaired) electrons. The predicted octanol–water partition coefficient (Wildman–Crippen LogP) is 2.60. The quantitative estimate of drug-likeness (QED) is 0.646. The van der Waals surface area contributed by atoms with Gasteiger partial charge in [-0.05, 0) is 29.8 Å². The maximum atomic E-state index is 5.80. The highest BCUT2D eigenvalue weighted by Gasteiger charge is 2.02.